The summed E-state index contributed by atoms with van der Waals surface area (Å²) in [6.45, 7) is 0. The molecule has 3 heterocycles. The van der Waals surface area contributed by atoms with Gasteiger partial charge in [0.15, 0.2) is 0 Å². The number of aromatic amines is 1. The standard InChI is InChI=1S/C23H16N4O8.Zn/c1-10-2-3-11(25-10)6-12-4-5-13(26-12)7-14-8-16(22(32)33)20(27-14)18(23(34)35)19(24)15(21(30)31)9-17(28)29;/h1-9,27H,24H2,(H,28,29)(H,30,31)(H,32,33)(H,34,35);/b11-6?,13-7?,15-9?,19-18+;. The number of aromatic nitrogens is 1. The number of aliphatic carboxylic acids is 3. The fraction of sp³-hybridized carbons (Fsp3) is 0. The Balaban J connectivity index is 2.07. The van der Waals surface area contributed by atoms with Gasteiger partial charge in [-0.15, -0.1) is 0 Å². The van der Waals surface area contributed by atoms with Crippen LogP contribution in [0.25, 0.3) is 11.6 Å². The average Bonchev–Trinajstić information content (AvgIpc) is 3.52. The van der Waals surface area contributed by atoms with E-state index in [1.807, 2.05) is 16.8 Å². The molecular formula is C23H16N4O8Zn. The number of aliphatic imine (C=N–C) groups is 2. The van der Waals surface area contributed by atoms with Crippen molar-refractivity contribution in [1.29, 1.82) is 0 Å². The molecule has 0 aliphatic carbocycles. The van der Waals surface area contributed by atoms with Gasteiger partial charge in [0.25, 0.3) is 0 Å². The Morgan fingerprint density at radius 3 is 2.03 bits per heavy atom. The Morgan fingerprint density at radius 2 is 1.50 bits per heavy atom. The molecule has 1 aromatic rings. The van der Waals surface area contributed by atoms with E-state index < -0.39 is 52.0 Å². The summed E-state index contributed by atoms with van der Waals surface area (Å²) in [5.41, 5.74) is 4.50. The number of carboxylic acid groups (broad SMARTS) is 4. The third-order valence-corrected chi connectivity index (χ3v) is 5.64. The number of nitrogens with two attached hydrogens (primary N) is 1. The zero-order chi connectivity index (χ0) is 26.6. The number of nitrogens with zero attached hydrogens (tertiary/aromatic N) is 2. The molecule has 0 amide bonds. The van der Waals surface area contributed by atoms with E-state index in [1.165, 1.54) is 6.08 Å². The van der Waals surface area contributed by atoms with Gasteiger partial charge in [0, 0.05) is 6.08 Å². The van der Waals surface area contributed by atoms with Gasteiger partial charge in [-0.05, 0) is 0 Å². The van der Waals surface area contributed by atoms with Gasteiger partial charge in [0.1, 0.15) is 5.57 Å². The Morgan fingerprint density at radius 1 is 0.889 bits per heavy atom. The van der Waals surface area contributed by atoms with Crippen molar-refractivity contribution < 1.29 is 57.5 Å². The summed E-state index contributed by atoms with van der Waals surface area (Å²) in [7, 11) is 0. The Kier molecular flexibility index (Phi) is 7.65. The molecule has 0 saturated carbocycles. The maximum absolute atomic E-state index is 11.9. The van der Waals surface area contributed by atoms with Crippen LogP contribution in [-0.4, -0.2) is 65.3 Å². The number of H-pyrrole nitrogens is 1. The zero-order valence-corrected chi connectivity index (χ0v) is 21.3. The van der Waals surface area contributed by atoms with Crippen LogP contribution in [0.4, 0.5) is 0 Å². The van der Waals surface area contributed by atoms with Crippen molar-refractivity contribution >= 4 is 51.6 Å². The molecule has 0 fully saturated rings. The van der Waals surface area contributed by atoms with Gasteiger partial charge in [-0.25, -0.2) is 19.2 Å². The van der Waals surface area contributed by atoms with Crippen LogP contribution in [0, 0.1) is 0 Å². The van der Waals surface area contributed by atoms with Gasteiger partial charge in [-0.1, -0.05) is 0 Å². The smallest absolute Gasteiger partial charge is 0.478 e. The van der Waals surface area contributed by atoms with Crippen LogP contribution in [-0.2, 0) is 32.2 Å². The van der Waals surface area contributed by atoms with Crippen molar-refractivity contribution in [2.24, 2.45) is 15.7 Å². The molecule has 0 unspecified atom stereocenters. The van der Waals surface area contributed by atoms with E-state index in [9.17, 15) is 34.5 Å². The first-order valence-corrected chi connectivity index (χ1v) is 11.7. The van der Waals surface area contributed by atoms with Gasteiger partial charge < -0.3 is 26.2 Å². The molecule has 3 rings (SSSR count). The van der Waals surface area contributed by atoms with Crippen LogP contribution in [0.15, 0.2) is 75.2 Å². The molecular weight excluding hydrogens is 526 g/mol. The number of allylic oxidation sites excluding steroid dienone is 5. The van der Waals surface area contributed by atoms with Gasteiger partial charge >= 0.3 is 144 Å². The number of rotatable bonds is 9. The number of hydrogen-bond acceptors (Lipinski definition) is 7. The summed E-state index contributed by atoms with van der Waals surface area (Å²) in [6, 6.07) is 1.12. The van der Waals surface area contributed by atoms with E-state index in [0.29, 0.717) is 17.1 Å². The number of carbonyl (C=O) groups is 4. The van der Waals surface area contributed by atoms with E-state index in [1.54, 1.807) is 18.2 Å². The predicted molar refractivity (Wildman–Crippen MR) is 125 cm³/mol. The van der Waals surface area contributed by atoms with E-state index >= 15 is 0 Å². The first-order chi connectivity index (χ1) is 17.0. The van der Waals surface area contributed by atoms with Crippen LogP contribution in [0.5, 0.6) is 0 Å². The van der Waals surface area contributed by atoms with E-state index in [0.717, 1.165) is 29.6 Å². The summed E-state index contributed by atoms with van der Waals surface area (Å²) >= 11 is 0.971. The Bertz CT molecular complexity index is 1460. The third-order valence-electron chi connectivity index (χ3n) is 4.76. The van der Waals surface area contributed by atoms with Crippen molar-refractivity contribution in [2.45, 2.75) is 0 Å². The third kappa shape index (κ3) is 5.83. The van der Waals surface area contributed by atoms with Gasteiger partial charge in [0.2, 0.25) is 0 Å². The van der Waals surface area contributed by atoms with Gasteiger partial charge in [0.05, 0.1) is 11.3 Å². The summed E-state index contributed by atoms with van der Waals surface area (Å²) in [5.74, 6) is -6.78. The second-order valence-electron chi connectivity index (χ2n) is 7.20. The molecule has 2 aliphatic heterocycles. The number of nitrogens with one attached hydrogen (secondary N) is 1. The molecule has 0 saturated heterocycles. The molecule has 12 nitrogen and oxygen atoms in total. The van der Waals surface area contributed by atoms with E-state index in [2.05, 4.69) is 15.0 Å². The zero-order valence-electron chi connectivity index (χ0n) is 18.3. The minimum Gasteiger partial charge on any atom is -0.478 e. The van der Waals surface area contributed by atoms with Crippen molar-refractivity contribution in [3.8, 4) is 0 Å². The Hall–Kier alpha value is -4.77. The first-order valence-electron chi connectivity index (χ1n) is 9.97. The van der Waals surface area contributed by atoms with Crippen molar-refractivity contribution in [3.63, 3.8) is 0 Å². The number of carboxylic acids is 4. The van der Waals surface area contributed by atoms with Crippen LogP contribution in [0.3, 0.4) is 0 Å². The van der Waals surface area contributed by atoms with Gasteiger partial charge in [-0.3, -0.25) is 0 Å². The van der Waals surface area contributed by atoms with Crippen LogP contribution in [0.1, 0.15) is 21.7 Å². The minimum atomic E-state index is -1.81. The molecule has 7 N–H and O–H groups in total. The molecule has 13 heteroatoms. The molecule has 178 valence electrons. The molecule has 36 heavy (non-hydrogen) atoms. The fourth-order valence-corrected chi connectivity index (χ4v) is 3.72. The molecule has 0 bridgehead atoms. The van der Waals surface area contributed by atoms with Crippen molar-refractivity contribution in [1.82, 2.24) is 4.98 Å². The second-order valence-corrected chi connectivity index (χ2v) is 8.05. The topological polar surface area (TPSA) is 216 Å². The van der Waals surface area contributed by atoms with Gasteiger partial charge in [-0.2, -0.15) is 0 Å². The summed E-state index contributed by atoms with van der Waals surface area (Å²) < 4.78 is 1.97. The maximum atomic E-state index is 11.9. The Labute approximate surface area is 211 Å². The van der Waals surface area contributed by atoms with Crippen LogP contribution < -0.4 is 5.73 Å². The summed E-state index contributed by atoms with van der Waals surface area (Å²) in [5, 5.41) is 37.5. The fourth-order valence-electron chi connectivity index (χ4n) is 3.24. The molecule has 0 radical (unpaired) electrons. The molecule has 0 spiro atoms. The molecule has 2 aliphatic rings. The minimum absolute atomic E-state index is 0.136. The first kappa shape index (κ1) is 25.8. The average molecular weight is 542 g/mol. The number of aromatic carboxylic acids is 1. The van der Waals surface area contributed by atoms with Crippen LogP contribution >= 0.6 is 0 Å². The van der Waals surface area contributed by atoms with E-state index in [-0.39, 0.29) is 11.8 Å². The SMILES string of the molecule is N/C(C(=CC(=O)O)C(=O)O)=C(/C(=O)O)c1[nH]c(C=C2C=CC(C=C3C=CC([CH]=[Zn])=N3)=N2)cc1C(=O)O. The summed E-state index contributed by atoms with van der Waals surface area (Å²) in [6.07, 6.45) is 10.5. The van der Waals surface area contributed by atoms with Crippen molar-refractivity contribution in [2.75, 3.05) is 0 Å². The normalized spacial score (nSPS) is 17.8. The second kappa shape index (κ2) is 10.7. The molecule has 1 aromatic heterocycles. The van der Waals surface area contributed by atoms with Crippen LogP contribution in [0.2, 0.25) is 0 Å². The monoisotopic (exact) mass is 540 g/mol. The molecule has 0 aromatic carbocycles. The van der Waals surface area contributed by atoms with E-state index in [4.69, 9.17) is 10.8 Å². The quantitative estimate of drug-likeness (QED) is 0.150. The van der Waals surface area contributed by atoms with Crippen molar-refractivity contribution in [3.05, 3.63) is 82.1 Å². The predicted octanol–water partition coefficient (Wildman–Crippen LogP) is 1.16. The molecule has 0 atom stereocenters. The number of hydrogen-bond donors (Lipinski definition) is 6. The summed E-state index contributed by atoms with van der Waals surface area (Å²) in [4.78, 5) is 57.6.